The van der Waals surface area contributed by atoms with E-state index in [1.165, 1.54) is 13.8 Å². The van der Waals surface area contributed by atoms with Crippen LogP contribution >= 0.6 is 0 Å². The van der Waals surface area contributed by atoms with Crippen LogP contribution in [0.5, 0.6) is 0 Å². The van der Waals surface area contributed by atoms with Crippen molar-refractivity contribution in [2.45, 2.75) is 46.1 Å². The standard InChI is InChI=1S/C10H20O3/c1-5-8(2)6-7-13-9(11)10(3,4)12/h8,12H,5-7H2,1-4H3. The molecule has 0 aromatic carbocycles. The summed E-state index contributed by atoms with van der Waals surface area (Å²) < 4.78 is 4.89. The van der Waals surface area contributed by atoms with Gasteiger partial charge in [0.1, 0.15) is 0 Å². The monoisotopic (exact) mass is 188 g/mol. The normalized spacial score (nSPS) is 13.9. The fourth-order valence-electron chi connectivity index (χ4n) is 0.734. The summed E-state index contributed by atoms with van der Waals surface area (Å²) in [5.41, 5.74) is -1.37. The van der Waals surface area contributed by atoms with Crippen LogP contribution in [0.3, 0.4) is 0 Å². The Hall–Kier alpha value is -0.570. The van der Waals surface area contributed by atoms with Gasteiger partial charge in [0.15, 0.2) is 5.60 Å². The second kappa shape index (κ2) is 5.22. The van der Waals surface area contributed by atoms with Crippen LogP contribution in [0.15, 0.2) is 0 Å². The lowest BCUT2D eigenvalue weighted by atomic mass is 10.1. The maximum absolute atomic E-state index is 11.1. The molecule has 1 N–H and O–H groups in total. The second-order valence-electron chi connectivity index (χ2n) is 4.00. The minimum Gasteiger partial charge on any atom is -0.464 e. The van der Waals surface area contributed by atoms with E-state index >= 15 is 0 Å². The van der Waals surface area contributed by atoms with Crippen LogP contribution in [0, 0.1) is 5.92 Å². The first-order chi connectivity index (χ1) is 5.88. The van der Waals surface area contributed by atoms with Gasteiger partial charge in [-0.2, -0.15) is 0 Å². The van der Waals surface area contributed by atoms with Crippen molar-refractivity contribution < 1.29 is 14.6 Å². The van der Waals surface area contributed by atoms with Gasteiger partial charge >= 0.3 is 5.97 Å². The number of carbonyl (C=O) groups excluding carboxylic acids is 1. The van der Waals surface area contributed by atoms with Crippen molar-refractivity contribution >= 4 is 5.97 Å². The third-order valence-corrected chi connectivity index (χ3v) is 2.04. The average molecular weight is 188 g/mol. The topological polar surface area (TPSA) is 46.5 Å². The molecule has 0 aromatic heterocycles. The maximum Gasteiger partial charge on any atom is 0.337 e. The molecule has 0 aliphatic rings. The molecule has 0 radical (unpaired) electrons. The maximum atomic E-state index is 11.1. The van der Waals surface area contributed by atoms with E-state index in [0.29, 0.717) is 12.5 Å². The first-order valence-corrected chi connectivity index (χ1v) is 4.77. The molecule has 1 atom stereocenters. The smallest absolute Gasteiger partial charge is 0.337 e. The molecule has 0 saturated heterocycles. The predicted molar refractivity (Wildman–Crippen MR) is 51.3 cm³/mol. The largest absolute Gasteiger partial charge is 0.464 e. The zero-order chi connectivity index (χ0) is 10.5. The molecular formula is C10H20O3. The highest BCUT2D eigenvalue weighted by Gasteiger charge is 2.25. The van der Waals surface area contributed by atoms with Crippen molar-refractivity contribution in [3.63, 3.8) is 0 Å². The molecule has 0 heterocycles. The average Bonchev–Trinajstić information content (AvgIpc) is 2.02. The third kappa shape index (κ3) is 5.64. The Kier molecular flexibility index (Phi) is 4.99. The fourth-order valence-corrected chi connectivity index (χ4v) is 0.734. The molecule has 78 valence electrons. The molecule has 3 heteroatoms. The molecule has 0 aromatic rings. The minimum absolute atomic E-state index is 0.401. The highest BCUT2D eigenvalue weighted by atomic mass is 16.5. The lowest BCUT2D eigenvalue weighted by Crippen LogP contribution is -2.33. The molecule has 0 aliphatic carbocycles. The van der Waals surface area contributed by atoms with E-state index in [-0.39, 0.29) is 0 Å². The van der Waals surface area contributed by atoms with Crippen molar-refractivity contribution in [2.75, 3.05) is 6.61 Å². The Bertz CT molecular complexity index is 158. The van der Waals surface area contributed by atoms with E-state index in [4.69, 9.17) is 4.74 Å². The van der Waals surface area contributed by atoms with Crippen molar-refractivity contribution in [3.8, 4) is 0 Å². The van der Waals surface area contributed by atoms with E-state index in [0.717, 1.165) is 12.8 Å². The van der Waals surface area contributed by atoms with E-state index < -0.39 is 11.6 Å². The van der Waals surface area contributed by atoms with Gasteiger partial charge < -0.3 is 9.84 Å². The quantitative estimate of drug-likeness (QED) is 0.668. The highest BCUT2D eigenvalue weighted by molar-refractivity contribution is 5.78. The summed E-state index contributed by atoms with van der Waals surface area (Å²) in [5.74, 6) is 0.0189. The zero-order valence-corrected chi connectivity index (χ0v) is 8.96. The summed E-state index contributed by atoms with van der Waals surface area (Å²) in [6.07, 6.45) is 1.94. The van der Waals surface area contributed by atoms with Gasteiger partial charge in [-0.25, -0.2) is 4.79 Å². The minimum atomic E-state index is -1.37. The number of rotatable bonds is 5. The van der Waals surface area contributed by atoms with Crippen molar-refractivity contribution in [3.05, 3.63) is 0 Å². The van der Waals surface area contributed by atoms with Crippen LogP contribution in [0.1, 0.15) is 40.5 Å². The number of carbonyl (C=O) groups is 1. The van der Waals surface area contributed by atoms with Gasteiger partial charge in [-0.3, -0.25) is 0 Å². The lowest BCUT2D eigenvalue weighted by molar-refractivity contribution is -0.162. The molecule has 0 rings (SSSR count). The molecule has 0 spiro atoms. The van der Waals surface area contributed by atoms with Crippen LogP contribution in [0.4, 0.5) is 0 Å². The van der Waals surface area contributed by atoms with Gasteiger partial charge in [-0.1, -0.05) is 20.3 Å². The Balaban J connectivity index is 3.60. The number of ether oxygens (including phenoxy) is 1. The molecule has 1 unspecified atom stereocenters. The van der Waals surface area contributed by atoms with Crippen LogP contribution in [0.2, 0.25) is 0 Å². The summed E-state index contributed by atoms with van der Waals surface area (Å²) in [6.45, 7) is 7.47. The summed E-state index contributed by atoms with van der Waals surface area (Å²) in [7, 11) is 0. The lowest BCUT2D eigenvalue weighted by Gasteiger charge is -2.16. The second-order valence-corrected chi connectivity index (χ2v) is 4.00. The van der Waals surface area contributed by atoms with Crippen molar-refractivity contribution in [1.29, 1.82) is 0 Å². The number of esters is 1. The predicted octanol–water partition coefficient (Wildman–Crippen LogP) is 1.74. The molecule has 0 fully saturated rings. The molecule has 0 aliphatic heterocycles. The Morgan fingerprint density at radius 2 is 2.08 bits per heavy atom. The van der Waals surface area contributed by atoms with E-state index in [9.17, 15) is 9.90 Å². The molecule has 13 heavy (non-hydrogen) atoms. The van der Waals surface area contributed by atoms with Gasteiger partial charge in [-0.15, -0.1) is 0 Å². The molecular weight excluding hydrogens is 168 g/mol. The van der Waals surface area contributed by atoms with Gasteiger partial charge in [0.25, 0.3) is 0 Å². The van der Waals surface area contributed by atoms with E-state index in [1.54, 1.807) is 0 Å². The van der Waals surface area contributed by atoms with Crippen LogP contribution < -0.4 is 0 Å². The van der Waals surface area contributed by atoms with Gasteiger partial charge in [0, 0.05) is 0 Å². The molecule has 0 bridgehead atoms. The molecule has 0 saturated carbocycles. The summed E-state index contributed by atoms with van der Waals surface area (Å²) in [4.78, 5) is 11.1. The summed E-state index contributed by atoms with van der Waals surface area (Å²) >= 11 is 0. The van der Waals surface area contributed by atoms with E-state index in [1.807, 2.05) is 0 Å². The van der Waals surface area contributed by atoms with Crippen molar-refractivity contribution in [1.82, 2.24) is 0 Å². The summed E-state index contributed by atoms with van der Waals surface area (Å²) in [5, 5.41) is 9.23. The Labute approximate surface area is 80.1 Å². The Morgan fingerprint density at radius 1 is 1.54 bits per heavy atom. The molecule has 3 nitrogen and oxygen atoms in total. The van der Waals surface area contributed by atoms with Crippen LogP contribution in [-0.2, 0) is 9.53 Å². The van der Waals surface area contributed by atoms with Crippen LogP contribution in [0.25, 0.3) is 0 Å². The SMILES string of the molecule is CCC(C)CCOC(=O)C(C)(C)O. The van der Waals surface area contributed by atoms with Gasteiger partial charge in [0.05, 0.1) is 6.61 Å². The number of hydrogen-bond donors (Lipinski definition) is 1. The van der Waals surface area contributed by atoms with Crippen LogP contribution in [-0.4, -0.2) is 23.3 Å². The fraction of sp³-hybridized carbons (Fsp3) is 0.900. The molecule has 0 amide bonds. The third-order valence-electron chi connectivity index (χ3n) is 2.04. The highest BCUT2D eigenvalue weighted by Crippen LogP contribution is 2.08. The first-order valence-electron chi connectivity index (χ1n) is 4.77. The summed E-state index contributed by atoms with van der Waals surface area (Å²) in [6, 6.07) is 0. The first kappa shape index (κ1) is 12.4. The van der Waals surface area contributed by atoms with Gasteiger partial charge in [0.2, 0.25) is 0 Å². The zero-order valence-electron chi connectivity index (χ0n) is 8.96. The number of aliphatic hydroxyl groups is 1. The Morgan fingerprint density at radius 3 is 2.46 bits per heavy atom. The van der Waals surface area contributed by atoms with Gasteiger partial charge in [-0.05, 0) is 26.2 Å². The van der Waals surface area contributed by atoms with Crippen molar-refractivity contribution in [2.24, 2.45) is 5.92 Å². The number of hydrogen-bond acceptors (Lipinski definition) is 3. The van der Waals surface area contributed by atoms with E-state index in [2.05, 4.69) is 13.8 Å².